The van der Waals surface area contributed by atoms with Crippen LogP contribution in [0.15, 0.2) is 18.3 Å². The molecule has 1 saturated heterocycles. The second kappa shape index (κ2) is 4.49. The van der Waals surface area contributed by atoms with Crippen molar-refractivity contribution in [2.45, 2.75) is 18.9 Å². The number of aromatic nitrogens is 1. The summed E-state index contributed by atoms with van der Waals surface area (Å²) in [6.07, 6.45) is 4.18. The Morgan fingerprint density at radius 1 is 1.40 bits per heavy atom. The van der Waals surface area contributed by atoms with Gasteiger partial charge in [-0.15, -0.1) is 0 Å². The van der Waals surface area contributed by atoms with E-state index in [1.807, 2.05) is 6.07 Å². The van der Waals surface area contributed by atoms with Gasteiger partial charge in [0.1, 0.15) is 17.7 Å². The summed E-state index contributed by atoms with van der Waals surface area (Å²) in [5.41, 5.74) is 5.50. The van der Waals surface area contributed by atoms with E-state index in [0.717, 1.165) is 31.7 Å². The standard InChI is InChI=1S/C11H17N3O/c1-14-6-4-9(5-7-14)15-10-2-3-11(12)13-8-10/h2-3,8-9H,4-7H2,1H3,(H2,12,13). The van der Waals surface area contributed by atoms with E-state index in [-0.39, 0.29) is 0 Å². The molecule has 0 bridgehead atoms. The second-order valence-corrected chi connectivity index (χ2v) is 4.04. The first-order valence-electron chi connectivity index (χ1n) is 5.31. The van der Waals surface area contributed by atoms with Gasteiger partial charge < -0.3 is 15.4 Å². The molecule has 15 heavy (non-hydrogen) atoms. The molecule has 0 aliphatic carbocycles. The van der Waals surface area contributed by atoms with Crippen LogP contribution in [0.4, 0.5) is 5.82 Å². The molecule has 82 valence electrons. The molecule has 0 spiro atoms. The van der Waals surface area contributed by atoms with Gasteiger partial charge in [-0.1, -0.05) is 0 Å². The van der Waals surface area contributed by atoms with Crippen molar-refractivity contribution < 1.29 is 4.74 Å². The minimum absolute atomic E-state index is 0.326. The lowest BCUT2D eigenvalue weighted by Gasteiger charge is -2.29. The van der Waals surface area contributed by atoms with Gasteiger partial charge in [0, 0.05) is 13.1 Å². The van der Waals surface area contributed by atoms with Crippen LogP contribution in [0.1, 0.15) is 12.8 Å². The molecule has 0 radical (unpaired) electrons. The number of likely N-dealkylation sites (tertiary alicyclic amines) is 1. The highest BCUT2D eigenvalue weighted by Crippen LogP contribution is 2.17. The molecule has 1 fully saturated rings. The number of nitrogen functional groups attached to an aromatic ring is 1. The second-order valence-electron chi connectivity index (χ2n) is 4.04. The zero-order valence-electron chi connectivity index (χ0n) is 9.02. The van der Waals surface area contributed by atoms with Gasteiger partial charge in [-0.25, -0.2) is 4.98 Å². The van der Waals surface area contributed by atoms with Crippen molar-refractivity contribution in [1.82, 2.24) is 9.88 Å². The molecule has 2 N–H and O–H groups in total. The molecule has 0 amide bonds. The van der Waals surface area contributed by atoms with Crippen molar-refractivity contribution in [2.75, 3.05) is 25.9 Å². The van der Waals surface area contributed by atoms with E-state index in [4.69, 9.17) is 10.5 Å². The highest BCUT2D eigenvalue weighted by molar-refractivity contribution is 5.32. The number of anilines is 1. The van der Waals surface area contributed by atoms with Crippen molar-refractivity contribution in [1.29, 1.82) is 0 Å². The SMILES string of the molecule is CN1CCC(Oc2ccc(N)nc2)CC1. The monoisotopic (exact) mass is 207 g/mol. The van der Waals surface area contributed by atoms with Crippen LogP contribution in [0.25, 0.3) is 0 Å². The molecule has 1 aliphatic heterocycles. The number of hydrogen-bond donors (Lipinski definition) is 1. The highest BCUT2D eigenvalue weighted by atomic mass is 16.5. The van der Waals surface area contributed by atoms with Crippen LogP contribution in [0, 0.1) is 0 Å². The summed E-state index contributed by atoms with van der Waals surface area (Å²) in [6, 6.07) is 3.64. The Kier molecular flexibility index (Phi) is 3.06. The molecule has 0 atom stereocenters. The first-order valence-corrected chi connectivity index (χ1v) is 5.31. The highest BCUT2D eigenvalue weighted by Gasteiger charge is 2.17. The third-order valence-electron chi connectivity index (χ3n) is 2.73. The van der Waals surface area contributed by atoms with Gasteiger partial charge >= 0.3 is 0 Å². The van der Waals surface area contributed by atoms with Gasteiger partial charge in [-0.2, -0.15) is 0 Å². The molecule has 1 aliphatic rings. The topological polar surface area (TPSA) is 51.4 Å². The van der Waals surface area contributed by atoms with Crippen LogP contribution in [-0.4, -0.2) is 36.1 Å². The van der Waals surface area contributed by atoms with Crippen molar-refractivity contribution >= 4 is 5.82 Å². The van der Waals surface area contributed by atoms with E-state index in [1.165, 1.54) is 0 Å². The molecule has 4 heteroatoms. The van der Waals surface area contributed by atoms with Gasteiger partial charge in [-0.3, -0.25) is 0 Å². The number of nitrogens with zero attached hydrogens (tertiary/aromatic N) is 2. The van der Waals surface area contributed by atoms with Crippen LogP contribution < -0.4 is 10.5 Å². The first kappa shape index (κ1) is 10.2. The smallest absolute Gasteiger partial charge is 0.138 e. The third-order valence-corrected chi connectivity index (χ3v) is 2.73. The maximum Gasteiger partial charge on any atom is 0.138 e. The largest absolute Gasteiger partial charge is 0.489 e. The van der Waals surface area contributed by atoms with E-state index in [0.29, 0.717) is 11.9 Å². The fourth-order valence-electron chi connectivity index (χ4n) is 1.76. The maximum absolute atomic E-state index is 5.81. The molecule has 2 heterocycles. The zero-order chi connectivity index (χ0) is 10.7. The molecular weight excluding hydrogens is 190 g/mol. The fraction of sp³-hybridized carbons (Fsp3) is 0.545. The molecule has 4 nitrogen and oxygen atoms in total. The van der Waals surface area contributed by atoms with Crippen LogP contribution in [0.2, 0.25) is 0 Å². The Hall–Kier alpha value is -1.29. The summed E-state index contributed by atoms with van der Waals surface area (Å²) in [6.45, 7) is 2.21. The molecule has 0 aromatic carbocycles. The Bertz CT molecular complexity index is 304. The third kappa shape index (κ3) is 2.83. The maximum atomic E-state index is 5.81. The van der Waals surface area contributed by atoms with Crippen molar-refractivity contribution in [2.24, 2.45) is 0 Å². The van der Waals surface area contributed by atoms with Crippen LogP contribution in [-0.2, 0) is 0 Å². The van der Waals surface area contributed by atoms with Gasteiger partial charge in [0.15, 0.2) is 0 Å². The van der Waals surface area contributed by atoms with E-state index in [2.05, 4.69) is 16.9 Å². The predicted octanol–water partition coefficient (Wildman–Crippen LogP) is 1.14. The van der Waals surface area contributed by atoms with Gasteiger partial charge in [0.2, 0.25) is 0 Å². The van der Waals surface area contributed by atoms with E-state index in [9.17, 15) is 0 Å². The van der Waals surface area contributed by atoms with Gasteiger partial charge in [0.25, 0.3) is 0 Å². The van der Waals surface area contributed by atoms with Gasteiger partial charge in [-0.05, 0) is 32.0 Å². The predicted molar refractivity (Wildman–Crippen MR) is 59.8 cm³/mol. The number of piperidine rings is 1. The summed E-state index contributed by atoms with van der Waals surface area (Å²) in [4.78, 5) is 6.32. The summed E-state index contributed by atoms with van der Waals surface area (Å²) in [7, 11) is 2.14. The Morgan fingerprint density at radius 3 is 2.73 bits per heavy atom. The zero-order valence-corrected chi connectivity index (χ0v) is 9.02. The lowest BCUT2D eigenvalue weighted by molar-refractivity contribution is 0.114. The number of pyridine rings is 1. The number of ether oxygens (including phenoxy) is 1. The molecule has 1 aromatic rings. The average Bonchev–Trinajstić information content (AvgIpc) is 2.25. The Labute approximate surface area is 90.0 Å². The number of rotatable bonds is 2. The van der Waals surface area contributed by atoms with Gasteiger partial charge in [0.05, 0.1) is 6.20 Å². The molecule has 1 aromatic heterocycles. The quantitative estimate of drug-likeness (QED) is 0.790. The molecule has 2 rings (SSSR count). The fourth-order valence-corrected chi connectivity index (χ4v) is 1.76. The summed E-state index contributed by atoms with van der Waals surface area (Å²) in [5.74, 6) is 1.35. The minimum Gasteiger partial charge on any atom is -0.489 e. The van der Waals surface area contributed by atoms with Crippen LogP contribution in [0.5, 0.6) is 5.75 Å². The number of hydrogen-bond acceptors (Lipinski definition) is 4. The summed E-state index contributed by atoms with van der Waals surface area (Å²) < 4.78 is 5.81. The summed E-state index contributed by atoms with van der Waals surface area (Å²) >= 11 is 0. The average molecular weight is 207 g/mol. The number of nitrogens with two attached hydrogens (primary N) is 1. The summed E-state index contributed by atoms with van der Waals surface area (Å²) in [5, 5.41) is 0. The van der Waals surface area contributed by atoms with Crippen molar-refractivity contribution in [3.05, 3.63) is 18.3 Å². The molecule has 0 saturated carbocycles. The molecule has 0 unspecified atom stereocenters. The first-order chi connectivity index (χ1) is 7.24. The lowest BCUT2D eigenvalue weighted by atomic mass is 10.1. The van der Waals surface area contributed by atoms with E-state index in [1.54, 1.807) is 12.3 Å². The van der Waals surface area contributed by atoms with Crippen molar-refractivity contribution in [3.8, 4) is 5.75 Å². The Balaban J connectivity index is 1.89. The van der Waals surface area contributed by atoms with Crippen molar-refractivity contribution in [3.63, 3.8) is 0 Å². The Morgan fingerprint density at radius 2 is 2.13 bits per heavy atom. The van der Waals surface area contributed by atoms with E-state index >= 15 is 0 Å². The molecular formula is C11H17N3O. The van der Waals surface area contributed by atoms with E-state index < -0.39 is 0 Å². The van der Waals surface area contributed by atoms with Crippen LogP contribution >= 0.6 is 0 Å². The normalized spacial score (nSPS) is 19.0. The minimum atomic E-state index is 0.326. The lowest BCUT2D eigenvalue weighted by Crippen LogP contribution is -2.35. The van der Waals surface area contributed by atoms with Crippen LogP contribution in [0.3, 0.4) is 0 Å².